The van der Waals surface area contributed by atoms with Gasteiger partial charge in [-0.25, -0.2) is 9.13 Å². The number of imidazole rings is 1. The van der Waals surface area contributed by atoms with Crippen molar-refractivity contribution in [3.63, 3.8) is 0 Å². The van der Waals surface area contributed by atoms with E-state index in [1.807, 2.05) is 61.2 Å². The summed E-state index contributed by atoms with van der Waals surface area (Å²) < 4.78 is 10.5. The van der Waals surface area contributed by atoms with Crippen molar-refractivity contribution in [3.8, 4) is 0 Å². The lowest BCUT2D eigenvalue weighted by molar-refractivity contribution is -0.704. The predicted octanol–water partition coefficient (Wildman–Crippen LogP) is 8.11. The maximum atomic E-state index is 6.53. The van der Waals surface area contributed by atoms with Crippen molar-refractivity contribution in [2.24, 2.45) is 0 Å². The predicted molar refractivity (Wildman–Crippen MR) is 145 cm³/mol. The van der Waals surface area contributed by atoms with Crippen LogP contribution in [0.5, 0.6) is 0 Å². The summed E-state index contributed by atoms with van der Waals surface area (Å²) in [6.45, 7) is 2.44. The first-order valence-electron chi connectivity index (χ1n) is 10.9. The van der Waals surface area contributed by atoms with Crippen LogP contribution in [0, 0.1) is 0 Å². The molecule has 1 heterocycles. The lowest BCUT2D eigenvalue weighted by Crippen LogP contribution is -2.35. The zero-order valence-corrected chi connectivity index (χ0v) is 22.4. The molecule has 0 radical (unpaired) electrons. The van der Waals surface area contributed by atoms with Crippen molar-refractivity contribution in [1.82, 2.24) is 4.57 Å². The summed E-state index contributed by atoms with van der Waals surface area (Å²) in [6, 6.07) is 18.5. The van der Waals surface area contributed by atoms with Crippen LogP contribution in [0.15, 0.2) is 79.4 Å². The number of hydrogen-bond donors (Lipinski definition) is 1. The van der Waals surface area contributed by atoms with Gasteiger partial charge in [-0.2, -0.15) is 0 Å². The summed E-state index contributed by atoms with van der Waals surface area (Å²) in [6.07, 6.45) is 5.76. The Morgan fingerprint density at radius 2 is 1.51 bits per heavy atom. The minimum absolute atomic E-state index is 0.311. The number of halogens is 5. The number of nitrogens with one attached hydrogen (secondary N) is 1. The molecule has 0 amide bonds. The fraction of sp³-hybridized carbons (Fsp3) is 0.192. The summed E-state index contributed by atoms with van der Waals surface area (Å²) in [7, 11) is 0. The standard InChI is InChI=1S/C26H23Cl5N3O/c27-19-3-6-22(7-4-19)32-9-10-33-11-12-34(17-33)15-26(23-8-5-21(29)14-25(23)31)35-16-18-1-2-20(28)13-24(18)30/h1-8,11-14,17,26,32H,9-10,15-16H2/q+1. The van der Waals surface area contributed by atoms with E-state index in [1.54, 1.807) is 18.2 Å². The first kappa shape index (κ1) is 26.2. The van der Waals surface area contributed by atoms with Gasteiger partial charge in [0.25, 0.3) is 0 Å². The average Bonchev–Trinajstić information content (AvgIpc) is 3.26. The molecule has 4 aromatic rings. The average molecular weight is 571 g/mol. The fourth-order valence-corrected chi connectivity index (χ4v) is 4.72. The Balaban J connectivity index is 1.43. The molecule has 0 aliphatic rings. The van der Waals surface area contributed by atoms with E-state index in [4.69, 9.17) is 62.7 Å². The first-order valence-corrected chi connectivity index (χ1v) is 12.8. The Hall–Kier alpha value is -1.92. The molecule has 1 N–H and O–H groups in total. The lowest BCUT2D eigenvalue weighted by Gasteiger charge is -2.19. The van der Waals surface area contributed by atoms with Gasteiger partial charge in [-0.05, 0) is 54.1 Å². The van der Waals surface area contributed by atoms with Gasteiger partial charge in [-0.15, -0.1) is 0 Å². The van der Waals surface area contributed by atoms with Gasteiger partial charge < -0.3 is 10.1 Å². The SMILES string of the molecule is Clc1ccc(NCCn2cc[n+](CC(OCc3ccc(Cl)cc3Cl)c3ccc(Cl)cc3Cl)c2)cc1. The molecule has 0 aliphatic heterocycles. The Kier molecular flexibility index (Phi) is 9.23. The van der Waals surface area contributed by atoms with Crippen LogP contribution in [0.25, 0.3) is 0 Å². The number of ether oxygens (including phenoxy) is 1. The summed E-state index contributed by atoms with van der Waals surface area (Å²) >= 11 is 31.0. The molecule has 4 nitrogen and oxygen atoms in total. The lowest BCUT2D eigenvalue weighted by atomic mass is 10.1. The molecule has 0 aliphatic carbocycles. The van der Waals surface area contributed by atoms with Crippen LogP contribution in [0.2, 0.25) is 25.1 Å². The van der Waals surface area contributed by atoms with Crippen LogP contribution in [-0.2, 0) is 24.4 Å². The summed E-state index contributed by atoms with van der Waals surface area (Å²) in [4.78, 5) is 0. The molecular formula is C26H23Cl5N3O+. The van der Waals surface area contributed by atoms with Crippen LogP contribution in [0.1, 0.15) is 17.2 Å². The molecule has 35 heavy (non-hydrogen) atoms. The summed E-state index contributed by atoms with van der Waals surface area (Å²) in [5, 5.41) is 6.38. The van der Waals surface area contributed by atoms with Gasteiger partial charge >= 0.3 is 0 Å². The Morgan fingerprint density at radius 3 is 2.23 bits per heavy atom. The zero-order chi connectivity index (χ0) is 24.8. The van der Waals surface area contributed by atoms with Crippen molar-refractivity contribution in [2.75, 3.05) is 11.9 Å². The maximum Gasteiger partial charge on any atom is 0.243 e. The maximum absolute atomic E-state index is 6.53. The second kappa shape index (κ2) is 12.4. The number of hydrogen-bond acceptors (Lipinski definition) is 2. The van der Waals surface area contributed by atoms with E-state index in [0.717, 1.165) is 34.9 Å². The highest BCUT2D eigenvalue weighted by molar-refractivity contribution is 6.35. The smallest absolute Gasteiger partial charge is 0.243 e. The van der Waals surface area contributed by atoms with Crippen LogP contribution in [-0.4, -0.2) is 11.1 Å². The van der Waals surface area contributed by atoms with Gasteiger partial charge in [0.15, 0.2) is 0 Å². The molecule has 3 aromatic carbocycles. The highest BCUT2D eigenvalue weighted by Gasteiger charge is 2.20. The quantitative estimate of drug-likeness (QED) is 0.195. The fourth-order valence-electron chi connectivity index (χ4n) is 3.60. The van der Waals surface area contributed by atoms with E-state index in [0.29, 0.717) is 33.2 Å². The Morgan fingerprint density at radius 1 is 0.829 bits per heavy atom. The van der Waals surface area contributed by atoms with E-state index in [9.17, 15) is 0 Å². The summed E-state index contributed by atoms with van der Waals surface area (Å²) in [5.41, 5.74) is 2.73. The molecule has 0 saturated carbocycles. The van der Waals surface area contributed by atoms with Crippen LogP contribution in [0.3, 0.4) is 0 Å². The molecule has 0 fully saturated rings. The zero-order valence-electron chi connectivity index (χ0n) is 18.6. The van der Waals surface area contributed by atoms with Gasteiger partial charge in [0.05, 0.1) is 13.2 Å². The van der Waals surface area contributed by atoms with Crippen molar-refractivity contribution in [1.29, 1.82) is 0 Å². The van der Waals surface area contributed by atoms with Crippen molar-refractivity contribution in [2.45, 2.75) is 25.8 Å². The molecular weight excluding hydrogens is 548 g/mol. The number of aromatic nitrogens is 2. The normalized spacial score (nSPS) is 12.0. The Labute approximate surface area is 229 Å². The van der Waals surface area contributed by atoms with E-state index in [-0.39, 0.29) is 6.10 Å². The largest absolute Gasteiger partial charge is 0.381 e. The van der Waals surface area contributed by atoms with E-state index in [2.05, 4.69) is 14.5 Å². The molecule has 9 heteroatoms. The topological polar surface area (TPSA) is 30.1 Å². The van der Waals surface area contributed by atoms with Crippen molar-refractivity contribution in [3.05, 3.63) is 116 Å². The highest BCUT2D eigenvalue weighted by atomic mass is 35.5. The molecule has 4 rings (SSSR count). The third-order valence-corrected chi connectivity index (χ3v) is 6.83. The highest BCUT2D eigenvalue weighted by Crippen LogP contribution is 2.31. The first-order chi connectivity index (χ1) is 16.9. The molecule has 1 aromatic heterocycles. The van der Waals surface area contributed by atoms with Gasteiger partial charge in [0, 0.05) is 36.4 Å². The van der Waals surface area contributed by atoms with Crippen molar-refractivity contribution >= 4 is 63.7 Å². The van der Waals surface area contributed by atoms with E-state index < -0.39 is 0 Å². The number of anilines is 1. The molecule has 1 atom stereocenters. The van der Waals surface area contributed by atoms with Gasteiger partial charge in [-0.3, -0.25) is 0 Å². The molecule has 0 bridgehead atoms. The second-order valence-electron chi connectivity index (χ2n) is 7.98. The van der Waals surface area contributed by atoms with Crippen LogP contribution >= 0.6 is 58.0 Å². The van der Waals surface area contributed by atoms with Crippen molar-refractivity contribution < 1.29 is 9.30 Å². The Bertz CT molecular complexity index is 1280. The second-order valence-corrected chi connectivity index (χ2v) is 10.1. The molecule has 0 spiro atoms. The minimum atomic E-state index is -0.320. The van der Waals surface area contributed by atoms with E-state index in [1.165, 1.54) is 0 Å². The molecule has 182 valence electrons. The number of rotatable bonds is 10. The van der Waals surface area contributed by atoms with Crippen LogP contribution in [0.4, 0.5) is 5.69 Å². The number of benzene rings is 3. The van der Waals surface area contributed by atoms with Gasteiger partial charge in [-0.1, -0.05) is 70.1 Å². The minimum Gasteiger partial charge on any atom is -0.381 e. The van der Waals surface area contributed by atoms with Gasteiger partial charge in [0.1, 0.15) is 31.6 Å². The molecule has 1 unspecified atom stereocenters. The third-order valence-electron chi connectivity index (χ3n) is 5.43. The molecule has 0 saturated heterocycles. The van der Waals surface area contributed by atoms with Gasteiger partial charge in [0.2, 0.25) is 6.33 Å². The monoisotopic (exact) mass is 568 g/mol. The summed E-state index contributed by atoms with van der Waals surface area (Å²) in [5.74, 6) is 0. The van der Waals surface area contributed by atoms with E-state index >= 15 is 0 Å². The number of nitrogens with zero attached hydrogens (tertiary/aromatic N) is 2. The third kappa shape index (κ3) is 7.53. The van der Waals surface area contributed by atoms with Crippen LogP contribution < -0.4 is 9.88 Å².